The molecular weight excluding hydrogens is 196 g/mol. The van der Waals surface area contributed by atoms with Crippen LogP contribution in [0.15, 0.2) is 12.2 Å². The molecule has 86 valence electrons. The van der Waals surface area contributed by atoms with E-state index in [9.17, 15) is 9.59 Å². The molecule has 0 aromatic carbocycles. The highest BCUT2D eigenvalue weighted by molar-refractivity contribution is 5.91. The highest BCUT2D eigenvalue weighted by Gasteiger charge is 2.02. The summed E-state index contributed by atoms with van der Waals surface area (Å²) in [5.74, 6) is -1.04. The summed E-state index contributed by atoms with van der Waals surface area (Å²) < 4.78 is 9.60. The number of ether oxygens (including phenoxy) is 2. The number of esters is 2. The molecule has 0 saturated heterocycles. The topological polar surface area (TPSA) is 52.6 Å². The van der Waals surface area contributed by atoms with Crippen LogP contribution in [0, 0.1) is 0 Å². The fourth-order valence-electron chi connectivity index (χ4n) is 0.773. The van der Waals surface area contributed by atoms with Gasteiger partial charge in [-0.1, -0.05) is 13.3 Å². The van der Waals surface area contributed by atoms with E-state index < -0.39 is 11.9 Å². The van der Waals surface area contributed by atoms with Gasteiger partial charge in [-0.15, -0.1) is 0 Å². The lowest BCUT2D eigenvalue weighted by Crippen LogP contribution is -2.09. The van der Waals surface area contributed by atoms with E-state index in [0.717, 1.165) is 25.0 Å². The van der Waals surface area contributed by atoms with Crippen LogP contribution in [0.1, 0.15) is 33.6 Å². The molecule has 0 heterocycles. The minimum atomic E-state index is -0.530. The van der Waals surface area contributed by atoms with Gasteiger partial charge in [-0.2, -0.15) is 0 Å². The molecule has 0 aromatic rings. The van der Waals surface area contributed by atoms with Gasteiger partial charge in [0.05, 0.1) is 12.7 Å². The first-order valence-electron chi connectivity index (χ1n) is 5.11. The lowest BCUT2D eigenvalue weighted by atomic mass is 10.4. The first-order valence-corrected chi connectivity index (χ1v) is 5.11. The van der Waals surface area contributed by atoms with Gasteiger partial charge in [-0.3, -0.25) is 0 Å². The van der Waals surface area contributed by atoms with Crippen molar-refractivity contribution in [3.8, 4) is 0 Å². The maximum Gasteiger partial charge on any atom is 0.331 e. The maximum absolute atomic E-state index is 11.0. The Morgan fingerprint density at radius 1 is 1.20 bits per heavy atom. The van der Waals surface area contributed by atoms with Crippen molar-refractivity contribution >= 4 is 11.9 Å². The van der Waals surface area contributed by atoms with Gasteiger partial charge in [-0.05, 0) is 20.3 Å². The molecule has 0 fully saturated rings. The van der Waals surface area contributed by atoms with Gasteiger partial charge in [0, 0.05) is 12.2 Å². The Hall–Kier alpha value is -1.32. The van der Waals surface area contributed by atoms with Crippen LogP contribution in [0.3, 0.4) is 0 Å². The van der Waals surface area contributed by atoms with Crippen LogP contribution in [0.25, 0.3) is 0 Å². The van der Waals surface area contributed by atoms with Gasteiger partial charge in [-0.25, -0.2) is 9.59 Å². The molecule has 15 heavy (non-hydrogen) atoms. The number of hydrogen-bond donors (Lipinski definition) is 0. The normalized spacial score (nSPS) is 10.7. The average Bonchev–Trinajstić information content (AvgIpc) is 2.14. The minimum absolute atomic E-state index is 0.182. The smallest absolute Gasteiger partial charge is 0.331 e. The lowest BCUT2D eigenvalue weighted by Gasteiger charge is -2.03. The summed E-state index contributed by atoms with van der Waals surface area (Å²) in [5, 5.41) is 0. The molecule has 0 unspecified atom stereocenters. The van der Waals surface area contributed by atoms with E-state index in [1.165, 1.54) is 0 Å². The second kappa shape index (κ2) is 8.03. The minimum Gasteiger partial charge on any atom is -0.463 e. The van der Waals surface area contributed by atoms with Gasteiger partial charge in [0.25, 0.3) is 0 Å². The van der Waals surface area contributed by atoms with Crippen molar-refractivity contribution in [2.24, 2.45) is 0 Å². The summed E-state index contributed by atoms with van der Waals surface area (Å²) in [5.41, 5.74) is 0. The Morgan fingerprint density at radius 2 is 1.80 bits per heavy atom. The molecule has 0 aliphatic rings. The quantitative estimate of drug-likeness (QED) is 0.384. The Balaban J connectivity index is 3.74. The molecule has 0 radical (unpaired) electrons. The Bertz CT molecular complexity index is 231. The first-order chi connectivity index (χ1) is 7.06. The van der Waals surface area contributed by atoms with E-state index in [1.54, 1.807) is 13.8 Å². The zero-order valence-electron chi connectivity index (χ0n) is 9.49. The maximum atomic E-state index is 11.0. The SMILES string of the molecule is CCCCOC(=O)C=CC(=O)OC(C)C. The highest BCUT2D eigenvalue weighted by Crippen LogP contribution is 1.92. The molecule has 4 heteroatoms. The number of unbranched alkanes of at least 4 members (excludes halogenated alkanes) is 1. The molecule has 0 atom stereocenters. The van der Waals surface area contributed by atoms with Gasteiger partial charge < -0.3 is 9.47 Å². The summed E-state index contributed by atoms with van der Waals surface area (Å²) in [7, 11) is 0. The van der Waals surface area contributed by atoms with Crippen molar-refractivity contribution in [1.29, 1.82) is 0 Å². The van der Waals surface area contributed by atoms with Crippen LogP contribution in [-0.2, 0) is 19.1 Å². The number of carbonyl (C=O) groups excluding carboxylic acids is 2. The number of hydrogen-bond acceptors (Lipinski definition) is 4. The van der Waals surface area contributed by atoms with Crippen molar-refractivity contribution in [2.45, 2.75) is 39.7 Å². The first kappa shape index (κ1) is 13.7. The second-order valence-corrected chi connectivity index (χ2v) is 3.34. The van der Waals surface area contributed by atoms with Crippen LogP contribution in [0.5, 0.6) is 0 Å². The van der Waals surface area contributed by atoms with Crippen molar-refractivity contribution < 1.29 is 19.1 Å². The Kier molecular flexibility index (Phi) is 7.32. The van der Waals surface area contributed by atoms with Crippen molar-refractivity contribution in [3.05, 3.63) is 12.2 Å². The number of rotatable bonds is 6. The van der Waals surface area contributed by atoms with Crippen molar-refractivity contribution in [1.82, 2.24) is 0 Å². The summed E-state index contributed by atoms with van der Waals surface area (Å²) in [6.07, 6.45) is 3.77. The Morgan fingerprint density at radius 3 is 2.33 bits per heavy atom. The van der Waals surface area contributed by atoms with Crippen molar-refractivity contribution in [3.63, 3.8) is 0 Å². The van der Waals surface area contributed by atoms with Crippen LogP contribution < -0.4 is 0 Å². The molecule has 0 aliphatic carbocycles. The zero-order valence-corrected chi connectivity index (χ0v) is 9.49. The van der Waals surface area contributed by atoms with Crippen LogP contribution >= 0.6 is 0 Å². The fourth-order valence-corrected chi connectivity index (χ4v) is 0.773. The predicted octanol–water partition coefficient (Wildman–Crippen LogP) is 1.84. The lowest BCUT2D eigenvalue weighted by molar-refractivity contribution is -0.142. The molecule has 4 nitrogen and oxygen atoms in total. The molecule has 0 bridgehead atoms. The molecule has 0 amide bonds. The third kappa shape index (κ3) is 9.00. The fraction of sp³-hybridized carbons (Fsp3) is 0.636. The average molecular weight is 214 g/mol. The van der Waals surface area contributed by atoms with E-state index in [4.69, 9.17) is 9.47 Å². The van der Waals surface area contributed by atoms with E-state index >= 15 is 0 Å². The highest BCUT2D eigenvalue weighted by atomic mass is 16.5. The van der Waals surface area contributed by atoms with Crippen LogP contribution in [0.2, 0.25) is 0 Å². The molecular formula is C11H18O4. The number of carbonyl (C=O) groups is 2. The second-order valence-electron chi connectivity index (χ2n) is 3.34. The van der Waals surface area contributed by atoms with E-state index in [1.807, 2.05) is 6.92 Å². The summed E-state index contributed by atoms with van der Waals surface area (Å²) in [6, 6.07) is 0. The molecule has 0 spiro atoms. The zero-order chi connectivity index (χ0) is 11.7. The van der Waals surface area contributed by atoms with Crippen LogP contribution in [-0.4, -0.2) is 24.6 Å². The van der Waals surface area contributed by atoms with Gasteiger partial charge in [0.1, 0.15) is 0 Å². The van der Waals surface area contributed by atoms with Gasteiger partial charge in [0.2, 0.25) is 0 Å². The van der Waals surface area contributed by atoms with Crippen LogP contribution in [0.4, 0.5) is 0 Å². The third-order valence-corrected chi connectivity index (χ3v) is 1.45. The monoisotopic (exact) mass is 214 g/mol. The van der Waals surface area contributed by atoms with E-state index in [0.29, 0.717) is 6.61 Å². The largest absolute Gasteiger partial charge is 0.463 e. The summed E-state index contributed by atoms with van der Waals surface area (Å²) in [6.45, 7) is 5.87. The van der Waals surface area contributed by atoms with Gasteiger partial charge in [0.15, 0.2) is 0 Å². The summed E-state index contributed by atoms with van der Waals surface area (Å²) >= 11 is 0. The molecule has 0 N–H and O–H groups in total. The molecule has 0 saturated carbocycles. The van der Waals surface area contributed by atoms with E-state index in [-0.39, 0.29) is 6.10 Å². The van der Waals surface area contributed by atoms with Crippen molar-refractivity contribution in [2.75, 3.05) is 6.61 Å². The Labute approximate surface area is 90.2 Å². The molecule has 0 rings (SSSR count). The van der Waals surface area contributed by atoms with E-state index in [2.05, 4.69) is 0 Å². The van der Waals surface area contributed by atoms with Gasteiger partial charge >= 0.3 is 11.9 Å². The summed E-state index contributed by atoms with van der Waals surface area (Å²) in [4.78, 5) is 22.0. The molecule has 0 aromatic heterocycles. The molecule has 0 aliphatic heterocycles. The third-order valence-electron chi connectivity index (χ3n) is 1.45. The predicted molar refractivity (Wildman–Crippen MR) is 56.2 cm³/mol. The standard InChI is InChI=1S/C11H18O4/c1-4-5-8-14-10(12)6-7-11(13)15-9(2)3/h6-7,9H,4-5,8H2,1-3H3.